The molecule has 0 radical (unpaired) electrons. The van der Waals surface area contributed by atoms with Gasteiger partial charge in [0.15, 0.2) is 11.5 Å². The normalized spacial score (nSPS) is 21.0. The van der Waals surface area contributed by atoms with Crippen LogP contribution >= 0.6 is 0 Å². The molecule has 2 heterocycles. The molecule has 156 valence electrons. The standard InChI is InChI=1S/C19H24N4O6/c1-4-20-16(25)11(2)21-15(24)9-23-17(26)19(3,22-18(23)27)8-12-5-6-13-14(7-12)29-10-28-13/h5-7,11H,4,8-10H2,1-3H3,(H,20,25)(H,21,24)(H,22,27)/t11-,19+/m1/s1. The summed E-state index contributed by atoms with van der Waals surface area (Å²) in [5, 5.41) is 7.72. The van der Waals surface area contributed by atoms with Crippen molar-refractivity contribution < 1.29 is 28.7 Å². The van der Waals surface area contributed by atoms with Crippen molar-refractivity contribution in [2.75, 3.05) is 19.9 Å². The van der Waals surface area contributed by atoms with E-state index in [0.717, 1.165) is 10.5 Å². The largest absolute Gasteiger partial charge is 0.454 e. The highest BCUT2D eigenvalue weighted by molar-refractivity contribution is 6.09. The fourth-order valence-corrected chi connectivity index (χ4v) is 3.29. The first-order chi connectivity index (χ1) is 13.7. The van der Waals surface area contributed by atoms with E-state index < -0.39 is 36.0 Å². The van der Waals surface area contributed by atoms with Crippen molar-refractivity contribution in [2.24, 2.45) is 0 Å². The lowest BCUT2D eigenvalue weighted by Crippen LogP contribution is -2.49. The third-order valence-corrected chi connectivity index (χ3v) is 4.76. The minimum absolute atomic E-state index is 0.142. The molecule has 29 heavy (non-hydrogen) atoms. The molecule has 2 aliphatic rings. The summed E-state index contributed by atoms with van der Waals surface area (Å²) in [5.74, 6) is -0.245. The summed E-state index contributed by atoms with van der Waals surface area (Å²) in [6.45, 7) is 5.00. The number of carbonyl (C=O) groups is 4. The average molecular weight is 404 g/mol. The maximum absolute atomic E-state index is 12.9. The smallest absolute Gasteiger partial charge is 0.325 e. The first kappa shape index (κ1) is 20.4. The molecule has 0 bridgehead atoms. The second kappa shape index (κ2) is 7.98. The lowest BCUT2D eigenvalue weighted by molar-refractivity contribution is -0.135. The van der Waals surface area contributed by atoms with Gasteiger partial charge in [0.25, 0.3) is 5.91 Å². The van der Waals surface area contributed by atoms with E-state index in [-0.39, 0.29) is 19.1 Å². The fourth-order valence-electron chi connectivity index (χ4n) is 3.29. The highest BCUT2D eigenvalue weighted by Crippen LogP contribution is 2.34. The molecule has 2 atom stereocenters. The van der Waals surface area contributed by atoms with E-state index >= 15 is 0 Å². The number of imide groups is 1. The highest BCUT2D eigenvalue weighted by atomic mass is 16.7. The quantitative estimate of drug-likeness (QED) is 0.545. The van der Waals surface area contributed by atoms with Crippen molar-refractivity contribution in [2.45, 2.75) is 38.8 Å². The number of rotatable bonds is 7. The molecule has 0 spiro atoms. The van der Waals surface area contributed by atoms with Crippen LogP contribution in [0.1, 0.15) is 26.3 Å². The van der Waals surface area contributed by atoms with E-state index in [1.165, 1.54) is 6.92 Å². The molecule has 0 unspecified atom stereocenters. The summed E-state index contributed by atoms with van der Waals surface area (Å²) >= 11 is 0. The minimum atomic E-state index is -1.20. The number of likely N-dealkylation sites (N-methyl/N-ethyl adjacent to an activating group) is 1. The Morgan fingerprint density at radius 3 is 2.72 bits per heavy atom. The van der Waals surface area contributed by atoms with E-state index in [1.54, 1.807) is 32.0 Å². The number of nitrogens with zero attached hydrogens (tertiary/aromatic N) is 1. The Kier molecular flexibility index (Phi) is 5.62. The molecule has 10 nitrogen and oxygen atoms in total. The molecular formula is C19H24N4O6. The number of benzene rings is 1. The zero-order valence-electron chi connectivity index (χ0n) is 16.5. The topological polar surface area (TPSA) is 126 Å². The van der Waals surface area contributed by atoms with Gasteiger partial charge in [-0.15, -0.1) is 0 Å². The van der Waals surface area contributed by atoms with E-state index in [4.69, 9.17) is 9.47 Å². The van der Waals surface area contributed by atoms with Gasteiger partial charge < -0.3 is 25.4 Å². The Bertz CT molecular complexity index is 857. The van der Waals surface area contributed by atoms with Crippen molar-refractivity contribution in [3.8, 4) is 11.5 Å². The van der Waals surface area contributed by atoms with Gasteiger partial charge in [-0.1, -0.05) is 6.07 Å². The summed E-state index contributed by atoms with van der Waals surface area (Å²) in [5.41, 5.74) is -0.419. The van der Waals surface area contributed by atoms with Crippen LogP contribution in [-0.2, 0) is 20.8 Å². The first-order valence-electron chi connectivity index (χ1n) is 9.33. The van der Waals surface area contributed by atoms with Crippen LogP contribution in [0.5, 0.6) is 11.5 Å². The van der Waals surface area contributed by atoms with Gasteiger partial charge in [-0.25, -0.2) is 4.79 Å². The molecule has 3 rings (SSSR count). The highest BCUT2D eigenvalue weighted by Gasteiger charge is 2.48. The Morgan fingerprint density at radius 1 is 1.28 bits per heavy atom. The van der Waals surface area contributed by atoms with Crippen molar-refractivity contribution >= 4 is 23.8 Å². The van der Waals surface area contributed by atoms with Crippen LogP contribution in [-0.4, -0.2) is 60.1 Å². The number of amides is 5. The van der Waals surface area contributed by atoms with Crippen molar-refractivity contribution in [3.63, 3.8) is 0 Å². The van der Waals surface area contributed by atoms with E-state index in [1.807, 2.05) is 0 Å². The third kappa shape index (κ3) is 4.25. The van der Waals surface area contributed by atoms with Gasteiger partial charge in [-0.3, -0.25) is 19.3 Å². The predicted octanol–water partition coefficient (Wildman–Crippen LogP) is -0.0909. The number of urea groups is 1. The van der Waals surface area contributed by atoms with Crippen LogP contribution in [0.3, 0.4) is 0 Å². The van der Waals surface area contributed by atoms with Gasteiger partial charge in [0.2, 0.25) is 18.6 Å². The summed E-state index contributed by atoms with van der Waals surface area (Å²) in [7, 11) is 0. The molecule has 1 aromatic rings. The van der Waals surface area contributed by atoms with Crippen LogP contribution in [0.2, 0.25) is 0 Å². The lowest BCUT2D eigenvalue weighted by atomic mass is 9.92. The summed E-state index contributed by atoms with van der Waals surface area (Å²) in [6, 6.07) is 3.87. The van der Waals surface area contributed by atoms with Crippen molar-refractivity contribution in [3.05, 3.63) is 23.8 Å². The Balaban J connectivity index is 1.64. The SMILES string of the molecule is CCNC(=O)[C@@H](C)NC(=O)CN1C(=O)N[C@@](C)(Cc2ccc3c(c2)OCO3)C1=O. The molecule has 0 aliphatic carbocycles. The fraction of sp³-hybridized carbons (Fsp3) is 0.474. The van der Waals surface area contributed by atoms with Crippen LogP contribution in [0.15, 0.2) is 18.2 Å². The summed E-state index contributed by atoms with van der Waals surface area (Å²) in [6.07, 6.45) is 0.224. The van der Waals surface area contributed by atoms with Crippen LogP contribution < -0.4 is 25.4 Å². The van der Waals surface area contributed by atoms with E-state index in [2.05, 4.69) is 16.0 Å². The number of ether oxygens (including phenoxy) is 2. The predicted molar refractivity (Wildman–Crippen MR) is 101 cm³/mol. The molecule has 10 heteroatoms. The molecule has 1 fully saturated rings. The molecule has 5 amide bonds. The number of fused-ring (bicyclic) bond motifs is 1. The molecule has 3 N–H and O–H groups in total. The van der Waals surface area contributed by atoms with Gasteiger partial charge in [-0.2, -0.15) is 0 Å². The van der Waals surface area contributed by atoms with Crippen LogP contribution in [0.4, 0.5) is 4.79 Å². The van der Waals surface area contributed by atoms with Crippen LogP contribution in [0.25, 0.3) is 0 Å². The second-order valence-electron chi connectivity index (χ2n) is 7.20. The lowest BCUT2D eigenvalue weighted by Gasteiger charge is -2.22. The molecular weight excluding hydrogens is 380 g/mol. The molecule has 2 aliphatic heterocycles. The van der Waals surface area contributed by atoms with Crippen LogP contribution in [0, 0.1) is 0 Å². The third-order valence-electron chi connectivity index (χ3n) is 4.76. The monoisotopic (exact) mass is 404 g/mol. The average Bonchev–Trinajstić information content (AvgIpc) is 3.20. The minimum Gasteiger partial charge on any atom is -0.454 e. The Hall–Kier alpha value is -3.30. The first-order valence-corrected chi connectivity index (χ1v) is 9.33. The van der Waals surface area contributed by atoms with Crippen molar-refractivity contribution in [1.29, 1.82) is 0 Å². The number of carbonyl (C=O) groups excluding carboxylic acids is 4. The number of hydrogen-bond donors (Lipinski definition) is 3. The zero-order chi connectivity index (χ0) is 21.2. The molecule has 1 aromatic carbocycles. The zero-order valence-corrected chi connectivity index (χ0v) is 16.5. The number of hydrogen-bond acceptors (Lipinski definition) is 6. The van der Waals surface area contributed by atoms with Gasteiger partial charge in [0.05, 0.1) is 0 Å². The molecule has 0 aromatic heterocycles. The number of nitrogens with one attached hydrogen (secondary N) is 3. The van der Waals surface area contributed by atoms with Gasteiger partial charge >= 0.3 is 6.03 Å². The van der Waals surface area contributed by atoms with Gasteiger partial charge in [0, 0.05) is 13.0 Å². The van der Waals surface area contributed by atoms with Crippen molar-refractivity contribution in [1.82, 2.24) is 20.9 Å². The second-order valence-corrected chi connectivity index (χ2v) is 7.20. The van der Waals surface area contributed by atoms with Gasteiger partial charge in [-0.05, 0) is 38.5 Å². The Morgan fingerprint density at radius 2 is 2.00 bits per heavy atom. The van der Waals surface area contributed by atoms with Gasteiger partial charge in [0.1, 0.15) is 18.1 Å². The molecule has 0 saturated carbocycles. The maximum atomic E-state index is 12.9. The summed E-state index contributed by atoms with van der Waals surface area (Å²) in [4.78, 5) is 50.0. The van der Waals surface area contributed by atoms with E-state index in [0.29, 0.717) is 18.0 Å². The van der Waals surface area contributed by atoms with E-state index in [9.17, 15) is 19.2 Å². The summed E-state index contributed by atoms with van der Waals surface area (Å²) < 4.78 is 10.6. The Labute approximate surface area is 167 Å². The molecule has 1 saturated heterocycles. The maximum Gasteiger partial charge on any atom is 0.325 e.